The van der Waals surface area contributed by atoms with Gasteiger partial charge in [0.25, 0.3) is 0 Å². The van der Waals surface area contributed by atoms with E-state index in [-0.39, 0.29) is 0 Å². The Morgan fingerprint density at radius 3 is 2.84 bits per heavy atom. The predicted molar refractivity (Wildman–Crippen MR) is 80.2 cm³/mol. The molecule has 0 saturated carbocycles. The van der Waals surface area contributed by atoms with Gasteiger partial charge >= 0.3 is 0 Å². The molecular weight excluding hydrogens is 304 g/mol. The number of pyridine rings is 1. The van der Waals surface area contributed by atoms with Crippen LogP contribution in [0.1, 0.15) is 16.8 Å². The Morgan fingerprint density at radius 2 is 2.16 bits per heavy atom. The number of hydrogen-bond donors (Lipinski definition) is 1. The van der Waals surface area contributed by atoms with Crippen molar-refractivity contribution in [3.05, 3.63) is 57.8 Å². The Hall–Kier alpha value is -1.39. The summed E-state index contributed by atoms with van der Waals surface area (Å²) in [4.78, 5) is 4.21. The zero-order valence-electron chi connectivity index (χ0n) is 11.1. The highest BCUT2D eigenvalue weighted by Gasteiger charge is 2.04. The van der Waals surface area contributed by atoms with Gasteiger partial charge in [0.2, 0.25) is 0 Å². The fourth-order valence-corrected chi connectivity index (χ4v) is 2.34. The van der Waals surface area contributed by atoms with Gasteiger partial charge in [-0.15, -0.1) is 0 Å². The van der Waals surface area contributed by atoms with Crippen molar-refractivity contribution in [3.63, 3.8) is 0 Å². The third-order valence-electron chi connectivity index (χ3n) is 2.84. The summed E-state index contributed by atoms with van der Waals surface area (Å²) in [5, 5.41) is 3.14. The molecule has 0 saturated heterocycles. The summed E-state index contributed by atoms with van der Waals surface area (Å²) in [7, 11) is 1.94. The second kappa shape index (κ2) is 6.68. The lowest BCUT2D eigenvalue weighted by Crippen LogP contribution is -2.05. The standard InChI is InChI=1S/C15H17BrN2O/c1-11-15(4-3-7-18-11)19-10-13-6-5-12(9-17-2)8-14(13)16/h3-8,17H,9-10H2,1-2H3. The van der Waals surface area contributed by atoms with Crippen molar-refractivity contribution in [2.45, 2.75) is 20.1 Å². The number of nitrogens with one attached hydrogen (secondary N) is 1. The number of nitrogens with zero attached hydrogens (tertiary/aromatic N) is 1. The van der Waals surface area contributed by atoms with E-state index in [4.69, 9.17) is 4.74 Å². The average Bonchev–Trinajstić information content (AvgIpc) is 2.40. The molecule has 1 N–H and O–H groups in total. The molecule has 1 aromatic heterocycles. The number of aromatic nitrogens is 1. The third-order valence-corrected chi connectivity index (χ3v) is 3.58. The summed E-state index contributed by atoms with van der Waals surface area (Å²) in [5.74, 6) is 0.828. The zero-order chi connectivity index (χ0) is 13.7. The Morgan fingerprint density at radius 1 is 1.32 bits per heavy atom. The van der Waals surface area contributed by atoms with Crippen molar-refractivity contribution in [2.75, 3.05) is 7.05 Å². The molecule has 0 atom stereocenters. The first-order chi connectivity index (χ1) is 9.20. The molecule has 0 aliphatic rings. The van der Waals surface area contributed by atoms with Gasteiger partial charge < -0.3 is 10.1 Å². The van der Waals surface area contributed by atoms with Gasteiger partial charge in [0.15, 0.2) is 0 Å². The molecule has 1 heterocycles. The molecule has 0 aliphatic carbocycles. The van der Waals surface area contributed by atoms with E-state index < -0.39 is 0 Å². The van der Waals surface area contributed by atoms with Gasteiger partial charge in [0.05, 0.1) is 5.69 Å². The lowest BCUT2D eigenvalue weighted by Gasteiger charge is -2.10. The highest BCUT2D eigenvalue weighted by Crippen LogP contribution is 2.22. The maximum atomic E-state index is 5.80. The van der Waals surface area contributed by atoms with Crippen molar-refractivity contribution in [1.82, 2.24) is 10.3 Å². The molecule has 0 fully saturated rings. The van der Waals surface area contributed by atoms with Crippen LogP contribution in [-0.4, -0.2) is 12.0 Å². The van der Waals surface area contributed by atoms with Gasteiger partial charge in [0, 0.05) is 22.8 Å². The van der Waals surface area contributed by atoms with Crippen molar-refractivity contribution in [1.29, 1.82) is 0 Å². The topological polar surface area (TPSA) is 34.1 Å². The molecule has 4 heteroatoms. The SMILES string of the molecule is CNCc1ccc(COc2cccnc2C)c(Br)c1. The van der Waals surface area contributed by atoms with Crippen LogP contribution in [0.5, 0.6) is 5.75 Å². The summed E-state index contributed by atoms with van der Waals surface area (Å²) < 4.78 is 6.87. The Bertz CT molecular complexity index is 558. The van der Waals surface area contributed by atoms with Gasteiger partial charge in [-0.25, -0.2) is 0 Å². The molecule has 0 amide bonds. The van der Waals surface area contributed by atoms with Crippen LogP contribution < -0.4 is 10.1 Å². The number of rotatable bonds is 5. The minimum Gasteiger partial charge on any atom is -0.487 e. The van der Waals surface area contributed by atoms with E-state index in [1.165, 1.54) is 5.56 Å². The normalized spacial score (nSPS) is 10.5. The predicted octanol–water partition coefficient (Wildman–Crippen LogP) is 3.45. The lowest BCUT2D eigenvalue weighted by molar-refractivity contribution is 0.302. The second-order valence-corrected chi connectivity index (χ2v) is 5.19. The van der Waals surface area contributed by atoms with Crippen LogP contribution in [0.25, 0.3) is 0 Å². The fourth-order valence-electron chi connectivity index (χ4n) is 1.80. The van der Waals surface area contributed by atoms with Crippen LogP contribution >= 0.6 is 15.9 Å². The molecular formula is C15H17BrN2O. The molecule has 0 aliphatic heterocycles. The summed E-state index contributed by atoms with van der Waals surface area (Å²) in [5.41, 5.74) is 3.28. The number of ether oxygens (including phenoxy) is 1. The smallest absolute Gasteiger partial charge is 0.141 e. The van der Waals surface area contributed by atoms with E-state index in [9.17, 15) is 0 Å². The first kappa shape index (κ1) is 14.0. The molecule has 0 bridgehead atoms. The molecule has 2 rings (SSSR count). The van der Waals surface area contributed by atoms with E-state index in [1.54, 1.807) is 6.20 Å². The molecule has 0 unspecified atom stereocenters. The van der Waals surface area contributed by atoms with Crippen LogP contribution in [0.2, 0.25) is 0 Å². The van der Waals surface area contributed by atoms with Crippen LogP contribution in [0, 0.1) is 6.92 Å². The summed E-state index contributed by atoms with van der Waals surface area (Å²) >= 11 is 3.59. The number of aryl methyl sites for hydroxylation is 1. The average molecular weight is 321 g/mol. The first-order valence-corrected chi connectivity index (χ1v) is 6.96. The molecule has 2 aromatic rings. The highest BCUT2D eigenvalue weighted by molar-refractivity contribution is 9.10. The molecule has 3 nitrogen and oxygen atoms in total. The minimum absolute atomic E-state index is 0.535. The molecule has 19 heavy (non-hydrogen) atoms. The summed E-state index contributed by atoms with van der Waals surface area (Å²) in [6, 6.07) is 10.1. The number of halogens is 1. The Balaban J connectivity index is 2.06. The number of benzene rings is 1. The molecule has 1 aromatic carbocycles. The van der Waals surface area contributed by atoms with Crippen LogP contribution in [0.15, 0.2) is 41.0 Å². The quantitative estimate of drug-likeness (QED) is 0.916. The van der Waals surface area contributed by atoms with Gasteiger partial charge in [-0.1, -0.05) is 28.1 Å². The maximum Gasteiger partial charge on any atom is 0.141 e. The van der Waals surface area contributed by atoms with E-state index >= 15 is 0 Å². The largest absolute Gasteiger partial charge is 0.487 e. The van der Waals surface area contributed by atoms with Gasteiger partial charge in [-0.2, -0.15) is 0 Å². The zero-order valence-corrected chi connectivity index (χ0v) is 12.7. The Labute approximate surface area is 122 Å². The Kier molecular flexibility index (Phi) is 4.93. The third kappa shape index (κ3) is 3.78. The first-order valence-electron chi connectivity index (χ1n) is 6.17. The van der Waals surface area contributed by atoms with Crippen molar-refractivity contribution >= 4 is 15.9 Å². The van der Waals surface area contributed by atoms with Gasteiger partial charge in [0.1, 0.15) is 12.4 Å². The van der Waals surface area contributed by atoms with Crippen molar-refractivity contribution < 1.29 is 4.74 Å². The molecule has 0 spiro atoms. The van der Waals surface area contributed by atoms with E-state index in [2.05, 4.69) is 44.4 Å². The van der Waals surface area contributed by atoms with Crippen LogP contribution in [0.3, 0.4) is 0 Å². The van der Waals surface area contributed by atoms with Crippen molar-refractivity contribution in [3.8, 4) is 5.75 Å². The lowest BCUT2D eigenvalue weighted by atomic mass is 10.1. The number of hydrogen-bond acceptors (Lipinski definition) is 3. The summed E-state index contributed by atoms with van der Waals surface area (Å²) in [6.07, 6.45) is 1.77. The van der Waals surface area contributed by atoms with Gasteiger partial charge in [-0.3, -0.25) is 4.98 Å². The second-order valence-electron chi connectivity index (χ2n) is 4.33. The monoisotopic (exact) mass is 320 g/mol. The molecule has 0 radical (unpaired) electrons. The maximum absolute atomic E-state index is 5.80. The van der Waals surface area contributed by atoms with E-state index in [1.807, 2.05) is 26.1 Å². The van der Waals surface area contributed by atoms with Gasteiger partial charge in [-0.05, 0) is 37.7 Å². The fraction of sp³-hybridized carbons (Fsp3) is 0.267. The minimum atomic E-state index is 0.535. The summed E-state index contributed by atoms with van der Waals surface area (Å²) in [6.45, 7) is 3.34. The van der Waals surface area contributed by atoms with E-state index in [0.29, 0.717) is 6.61 Å². The molecule has 100 valence electrons. The van der Waals surface area contributed by atoms with Crippen LogP contribution in [0.4, 0.5) is 0 Å². The van der Waals surface area contributed by atoms with E-state index in [0.717, 1.165) is 28.0 Å². The highest BCUT2D eigenvalue weighted by atomic mass is 79.9. The van der Waals surface area contributed by atoms with Crippen LogP contribution in [-0.2, 0) is 13.2 Å². The van der Waals surface area contributed by atoms with Crippen molar-refractivity contribution in [2.24, 2.45) is 0 Å².